The van der Waals surface area contributed by atoms with E-state index in [9.17, 15) is 19.5 Å². The largest absolute Gasteiger partial charge is 0.509 e. The highest BCUT2D eigenvalue weighted by Gasteiger charge is 2.71. The summed E-state index contributed by atoms with van der Waals surface area (Å²) in [5.41, 5.74) is -3.01. The molecule has 8 heteroatoms. The van der Waals surface area contributed by atoms with Gasteiger partial charge in [0.25, 0.3) is 0 Å². The highest BCUT2D eigenvalue weighted by atomic mass is 35.5. The van der Waals surface area contributed by atoms with Crippen LogP contribution in [0.15, 0.2) is 23.8 Å². The fourth-order valence-corrected chi connectivity index (χ4v) is 7.21. The minimum atomic E-state index is -3.13. The van der Waals surface area contributed by atoms with Gasteiger partial charge in [-0.3, -0.25) is 4.79 Å². The number of hydrogen-bond donors (Lipinski definition) is 1. The molecule has 0 amide bonds. The number of ether oxygens (including phenoxy) is 3. The van der Waals surface area contributed by atoms with Crippen LogP contribution >= 0.6 is 11.6 Å². The summed E-state index contributed by atoms with van der Waals surface area (Å²) in [6.07, 6.45) is 3.80. The number of methoxy groups -OCH3 is 1. The Kier molecular flexibility index (Phi) is 4.11. The van der Waals surface area contributed by atoms with Crippen LogP contribution < -0.4 is 0 Å². The lowest BCUT2D eigenvalue weighted by atomic mass is 9.46. The van der Waals surface area contributed by atoms with Gasteiger partial charge in [-0.05, 0) is 56.1 Å². The predicted molar refractivity (Wildman–Crippen MR) is 111 cm³/mol. The molecular weight excluding hydrogens is 424 g/mol. The Morgan fingerprint density at radius 1 is 1.39 bits per heavy atom. The second kappa shape index (κ2) is 7.62. The Morgan fingerprint density at radius 3 is 2.87 bits per heavy atom. The van der Waals surface area contributed by atoms with E-state index >= 15 is 0 Å². The lowest BCUT2D eigenvalue weighted by molar-refractivity contribution is -0.199. The summed E-state index contributed by atoms with van der Waals surface area (Å²) in [6, 6.07) is -2.91. The number of alkyl halides is 1. The van der Waals surface area contributed by atoms with Crippen molar-refractivity contribution < 1.29 is 40.6 Å². The average Bonchev–Trinajstić information content (AvgIpc) is 2.98. The van der Waals surface area contributed by atoms with Crippen LogP contribution in [0.2, 0.25) is 0 Å². The van der Waals surface area contributed by atoms with Crippen LogP contribution in [0.3, 0.4) is 0 Å². The summed E-state index contributed by atoms with van der Waals surface area (Å²) in [6.45, 7) is 3.64. The van der Waals surface area contributed by atoms with Crippen molar-refractivity contribution in [1.29, 1.82) is 0 Å². The summed E-state index contributed by atoms with van der Waals surface area (Å²) >= 11 is 5.52. The van der Waals surface area contributed by atoms with E-state index in [0.29, 0.717) is 19.3 Å². The molecule has 0 aromatic heterocycles. The molecule has 3 fully saturated rings. The SMILES string of the molecule is [2H]C([2H])([2H])OC(=O)O[C@]1(C(=O)OC([2H])([2H])Cl)CC[C@H]2[C@@H]3CCC4=CC(=O)C=C[C@]4(C)[C@H]3[C@@H](O)C[C@@]21C. The molecule has 4 rings (SSSR count). The van der Waals surface area contributed by atoms with Gasteiger partial charge in [-0.2, -0.15) is 0 Å². The third-order valence-electron chi connectivity index (χ3n) is 8.42. The third kappa shape index (κ3) is 3.07. The van der Waals surface area contributed by atoms with Crippen molar-refractivity contribution in [3.63, 3.8) is 0 Å². The van der Waals surface area contributed by atoms with Crippen molar-refractivity contribution in [1.82, 2.24) is 0 Å². The topological polar surface area (TPSA) is 99.1 Å². The zero-order valence-electron chi connectivity index (χ0n) is 22.4. The molecular formula is C23H29ClO7. The Balaban J connectivity index is 1.74. The molecule has 0 aromatic carbocycles. The van der Waals surface area contributed by atoms with E-state index in [0.717, 1.165) is 5.57 Å². The zero-order valence-corrected chi connectivity index (χ0v) is 18.1. The van der Waals surface area contributed by atoms with E-state index in [4.69, 9.17) is 27.9 Å². The van der Waals surface area contributed by atoms with Crippen LogP contribution in [-0.4, -0.2) is 47.8 Å². The Bertz CT molecular complexity index is 1040. The van der Waals surface area contributed by atoms with E-state index < -0.39 is 47.7 Å². The van der Waals surface area contributed by atoms with Gasteiger partial charge < -0.3 is 19.3 Å². The van der Waals surface area contributed by atoms with Crippen molar-refractivity contribution in [2.45, 2.75) is 57.7 Å². The van der Waals surface area contributed by atoms with Crippen molar-refractivity contribution in [2.75, 3.05) is 13.1 Å². The minimum absolute atomic E-state index is 0.0229. The third-order valence-corrected chi connectivity index (χ3v) is 8.49. The number of fused-ring (bicyclic) bond motifs is 5. The molecule has 3 saturated carbocycles. The van der Waals surface area contributed by atoms with Gasteiger partial charge in [-0.1, -0.05) is 37.1 Å². The quantitative estimate of drug-likeness (QED) is 0.511. The molecule has 7 nitrogen and oxygen atoms in total. The maximum Gasteiger partial charge on any atom is 0.509 e. The molecule has 1 N–H and O–H groups in total. The van der Waals surface area contributed by atoms with Crippen molar-refractivity contribution in [3.05, 3.63) is 23.8 Å². The first kappa shape index (κ1) is 16.7. The standard InChI is InChI=1S/C23H29ClO7/c1-21-8-6-14(25)10-13(21)4-5-15-16-7-9-23(19(27)30-12-24,31-20(28)29-3)22(16,2)11-17(26)18(15)21/h6,8,10,15-18,26H,4-5,7,9,11-12H2,1-3H3/t15-,16-,17-,18+,21-,22-,23-/m0/s1/i3D3,12D2. The number of ketones is 1. The molecule has 0 bridgehead atoms. The van der Waals surface area contributed by atoms with Gasteiger partial charge in [-0.25, -0.2) is 9.59 Å². The number of carbonyl (C=O) groups excluding carboxylic acids is 3. The van der Waals surface area contributed by atoms with Gasteiger partial charge in [0.05, 0.1) is 20.0 Å². The second-order valence-electron chi connectivity index (χ2n) is 9.50. The van der Waals surface area contributed by atoms with Gasteiger partial charge in [0.15, 0.2) is 11.8 Å². The van der Waals surface area contributed by atoms with Crippen molar-refractivity contribution in [3.8, 4) is 0 Å². The van der Waals surface area contributed by atoms with Crippen molar-refractivity contribution in [2.24, 2.45) is 28.6 Å². The zero-order chi connectivity index (χ0) is 26.9. The monoisotopic (exact) mass is 457 g/mol. The number of aliphatic hydroxyl groups excluding tert-OH is 1. The highest BCUT2D eigenvalue weighted by Crippen LogP contribution is 2.68. The fourth-order valence-electron chi connectivity index (χ4n) is 7.14. The van der Waals surface area contributed by atoms with Crippen LogP contribution in [0.1, 0.15) is 52.8 Å². The predicted octanol–water partition coefficient (Wildman–Crippen LogP) is 3.53. The van der Waals surface area contributed by atoms with Gasteiger partial charge in [0.2, 0.25) is 5.60 Å². The lowest BCUT2D eigenvalue weighted by Crippen LogP contribution is -2.62. The molecule has 170 valence electrons. The van der Waals surface area contributed by atoms with Crippen LogP contribution in [0.25, 0.3) is 0 Å². The molecule has 0 radical (unpaired) electrons. The summed E-state index contributed by atoms with van der Waals surface area (Å²) in [7, 11) is -3.13. The maximum absolute atomic E-state index is 13.4. The number of allylic oxidation sites excluding steroid dienone is 4. The molecule has 0 spiro atoms. The number of hydrogen-bond acceptors (Lipinski definition) is 7. The maximum atomic E-state index is 13.4. The second-order valence-corrected chi connectivity index (χ2v) is 9.65. The van der Waals surface area contributed by atoms with Crippen molar-refractivity contribution >= 4 is 29.5 Å². The van der Waals surface area contributed by atoms with Crippen LogP contribution in [0.4, 0.5) is 4.79 Å². The van der Waals surface area contributed by atoms with Crippen LogP contribution in [-0.2, 0) is 23.8 Å². The van der Waals surface area contributed by atoms with E-state index in [2.05, 4.69) is 4.74 Å². The minimum Gasteiger partial charge on any atom is -0.446 e. The Morgan fingerprint density at radius 2 is 2.16 bits per heavy atom. The molecule has 0 saturated heterocycles. The molecule has 0 aromatic rings. The van der Waals surface area contributed by atoms with E-state index in [1.54, 1.807) is 13.0 Å². The Labute approximate surface area is 193 Å². The highest BCUT2D eigenvalue weighted by molar-refractivity contribution is 6.17. The summed E-state index contributed by atoms with van der Waals surface area (Å²) < 4.78 is 51.2. The van der Waals surface area contributed by atoms with Gasteiger partial charge in [-0.15, -0.1) is 0 Å². The van der Waals surface area contributed by atoms with E-state index in [-0.39, 0.29) is 36.4 Å². The average molecular weight is 458 g/mol. The van der Waals surface area contributed by atoms with E-state index in [1.807, 2.05) is 13.0 Å². The van der Waals surface area contributed by atoms with Gasteiger partial charge >= 0.3 is 12.1 Å². The first-order chi connectivity index (χ1) is 16.4. The molecule has 4 aliphatic rings. The summed E-state index contributed by atoms with van der Waals surface area (Å²) in [5.74, 6) is -2.06. The molecule has 31 heavy (non-hydrogen) atoms. The summed E-state index contributed by atoms with van der Waals surface area (Å²) in [4.78, 5) is 37.9. The number of rotatable bonds is 3. The molecule has 4 aliphatic carbocycles. The lowest BCUT2D eigenvalue weighted by Gasteiger charge is -2.59. The Hall–Kier alpha value is -1.86. The van der Waals surface area contributed by atoms with Crippen LogP contribution in [0, 0.1) is 28.6 Å². The molecule has 7 atom stereocenters. The van der Waals surface area contributed by atoms with Crippen LogP contribution in [0.5, 0.6) is 0 Å². The smallest absolute Gasteiger partial charge is 0.446 e. The number of halogens is 1. The fraction of sp³-hybridized carbons (Fsp3) is 0.696. The van der Waals surface area contributed by atoms with E-state index in [1.165, 1.54) is 6.08 Å². The first-order valence-electron chi connectivity index (χ1n) is 12.9. The van der Waals surface area contributed by atoms with Gasteiger partial charge in [0, 0.05) is 16.7 Å². The molecule has 0 unspecified atom stereocenters. The number of esters is 1. The number of carbonyl (C=O) groups is 3. The normalized spacial score (nSPS) is 46.5. The summed E-state index contributed by atoms with van der Waals surface area (Å²) in [5, 5.41) is 11.5. The molecule has 0 aliphatic heterocycles. The van der Waals surface area contributed by atoms with Gasteiger partial charge in [0.1, 0.15) is 0 Å². The number of aliphatic hydroxyl groups is 1. The first-order valence-corrected chi connectivity index (χ1v) is 10.8. The molecule has 0 heterocycles.